The van der Waals surface area contributed by atoms with Crippen molar-refractivity contribution >= 4 is 5.96 Å². The molecule has 0 bridgehead atoms. The Labute approximate surface area is 102 Å². The van der Waals surface area contributed by atoms with Gasteiger partial charge >= 0.3 is 0 Å². The van der Waals surface area contributed by atoms with E-state index in [-0.39, 0.29) is 0 Å². The minimum atomic E-state index is 0.463. The fourth-order valence-electron chi connectivity index (χ4n) is 1.26. The van der Waals surface area contributed by atoms with Crippen LogP contribution in [0.25, 0.3) is 0 Å². The summed E-state index contributed by atoms with van der Waals surface area (Å²) < 4.78 is 5.22. The van der Waals surface area contributed by atoms with Crippen LogP contribution in [0.1, 0.15) is 18.9 Å². The van der Waals surface area contributed by atoms with Crippen molar-refractivity contribution in [1.29, 1.82) is 0 Å². The number of pyridine rings is 1. The van der Waals surface area contributed by atoms with Gasteiger partial charge in [-0.3, -0.25) is 4.98 Å². The molecule has 5 nitrogen and oxygen atoms in total. The maximum Gasteiger partial charge on any atom is 0.188 e. The predicted octanol–water partition coefficient (Wildman–Crippen LogP) is 0.913. The van der Waals surface area contributed by atoms with Crippen molar-refractivity contribution in [1.82, 2.24) is 10.3 Å². The van der Waals surface area contributed by atoms with Gasteiger partial charge in [-0.25, -0.2) is 4.99 Å². The zero-order valence-electron chi connectivity index (χ0n) is 10.2. The quantitative estimate of drug-likeness (QED) is 0.419. The van der Waals surface area contributed by atoms with E-state index in [4.69, 9.17) is 10.5 Å². The first-order valence-electron chi connectivity index (χ1n) is 5.83. The second-order valence-electron chi connectivity index (χ2n) is 3.54. The fourth-order valence-corrected chi connectivity index (χ4v) is 1.26. The Morgan fingerprint density at radius 3 is 3.18 bits per heavy atom. The van der Waals surface area contributed by atoms with Crippen LogP contribution in [0.5, 0.6) is 0 Å². The number of guanidine groups is 1. The van der Waals surface area contributed by atoms with Gasteiger partial charge in [0.25, 0.3) is 0 Å². The molecule has 0 aliphatic rings. The van der Waals surface area contributed by atoms with Gasteiger partial charge in [-0.1, -0.05) is 6.07 Å². The van der Waals surface area contributed by atoms with Gasteiger partial charge in [-0.05, 0) is 25.0 Å². The van der Waals surface area contributed by atoms with Gasteiger partial charge in [0, 0.05) is 32.2 Å². The molecule has 0 aliphatic carbocycles. The Balaban J connectivity index is 2.17. The van der Waals surface area contributed by atoms with Crippen LogP contribution in [0.2, 0.25) is 0 Å². The molecule has 94 valence electrons. The van der Waals surface area contributed by atoms with Gasteiger partial charge in [-0.15, -0.1) is 0 Å². The third-order valence-electron chi connectivity index (χ3n) is 2.13. The highest BCUT2D eigenvalue weighted by molar-refractivity contribution is 5.77. The number of ether oxygens (including phenoxy) is 1. The molecule has 1 rings (SSSR count). The number of nitrogens with one attached hydrogen (secondary N) is 1. The number of rotatable bonds is 7. The van der Waals surface area contributed by atoms with E-state index in [1.54, 1.807) is 12.4 Å². The summed E-state index contributed by atoms with van der Waals surface area (Å²) in [5.41, 5.74) is 6.76. The summed E-state index contributed by atoms with van der Waals surface area (Å²) in [5, 5.41) is 3.04. The smallest absolute Gasteiger partial charge is 0.188 e. The van der Waals surface area contributed by atoms with Gasteiger partial charge in [0.1, 0.15) is 0 Å². The Kier molecular flexibility index (Phi) is 6.74. The highest BCUT2D eigenvalue weighted by atomic mass is 16.5. The third kappa shape index (κ3) is 6.52. The summed E-state index contributed by atoms with van der Waals surface area (Å²) >= 11 is 0. The normalized spacial score (nSPS) is 11.5. The summed E-state index contributed by atoms with van der Waals surface area (Å²) in [5.74, 6) is 0.463. The van der Waals surface area contributed by atoms with Gasteiger partial charge in [0.2, 0.25) is 0 Å². The number of hydrogen-bond donors (Lipinski definition) is 2. The molecular weight excluding hydrogens is 216 g/mol. The van der Waals surface area contributed by atoms with Crippen molar-refractivity contribution in [3.05, 3.63) is 30.1 Å². The average molecular weight is 236 g/mol. The van der Waals surface area contributed by atoms with Crippen LogP contribution in [0, 0.1) is 0 Å². The average Bonchev–Trinajstić information content (AvgIpc) is 2.37. The van der Waals surface area contributed by atoms with Crippen LogP contribution in [0.15, 0.2) is 29.5 Å². The summed E-state index contributed by atoms with van der Waals surface area (Å²) in [6.07, 6.45) is 4.45. The molecule has 0 saturated heterocycles. The lowest BCUT2D eigenvalue weighted by molar-refractivity contribution is 0.145. The summed E-state index contributed by atoms with van der Waals surface area (Å²) in [4.78, 5) is 8.23. The van der Waals surface area contributed by atoms with Gasteiger partial charge in [-0.2, -0.15) is 0 Å². The van der Waals surface area contributed by atoms with Gasteiger partial charge < -0.3 is 15.8 Å². The lowest BCUT2D eigenvalue weighted by Gasteiger charge is -2.05. The monoisotopic (exact) mass is 236 g/mol. The lowest BCUT2D eigenvalue weighted by atomic mass is 10.3. The summed E-state index contributed by atoms with van der Waals surface area (Å²) in [7, 11) is 0. The molecule has 5 heteroatoms. The molecular formula is C12H20N4O. The number of aliphatic imine (C=N–C) groups is 1. The van der Waals surface area contributed by atoms with Crippen LogP contribution in [0.3, 0.4) is 0 Å². The zero-order valence-corrected chi connectivity index (χ0v) is 10.2. The molecule has 0 saturated carbocycles. The van der Waals surface area contributed by atoms with Crippen LogP contribution >= 0.6 is 0 Å². The topological polar surface area (TPSA) is 72.5 Å². The van der Waals surface area contributed by atoms with E-state index in [1.165, 1.54) is 0 Å². The highest BCUT2D eigenvalue weighted by Crippen LogP contribution is 1.96. The molecule has 1 aromatic heterocycles. The Hall–Kier alpha value is -1.62. The van der Waals surface area contributed by atoms with Crippen molar-refractivity contribution < 1.29 is 4.74 Å². The van der Waals surface area contributed by atoms with E-state index < -0.39 is 0 Å². The molecule has 0 fully saturated rings. The van der Waals surface area contributed by atoms with Crippen molar-refractivity contribution in [3.63, 3.8) is 0 Å². The van der Waals surface area contributed by atoms with E-state index in [1.807, 2.05) is 19.1 Å². The molecule has 0 atom stereocenters. The summed E-state index contributed by atoms with van der Waals surface area (Å²) in [6.45, 7) is 4.82. The molecule has 0 radical (unpaired) electrons. The first-order chi connectivity index (χ1) is 8.33. The Morgan fingerprint density at radius 2 is 2.47 bits per heavy atom. The van der Waals surface area contributed by atoms with Crippen LogP contribution in [-0.2, 0) is 11.3 Å². The maximum absolute atomic E-state index is 5.71. The molecule has 17 heavy (non-hydrogen) atoms. The van der Waals surface area contributed by atoms with Crippen LogP contribution in [0.4, 0.5) is 0 Å². The summed E-state index contributed by atoms with van der Waals surface area (Å²) in [6, 6.07) is 3.86. The first kappa shape index (κ1) is 13.4. The van der Waals surface area contributed by atoms with Crippen LogP contribution in [-0.4, -0.2) is 30.7 Å². The van der Waals surface area contributed by atoms with Crippen molar-refractivity contribution in [2.75, 3.05) is 19.8 Å². The predicted molar refractivity (Wildman–Crippen MR) is 68.7 cm³/mol. The fraction of sp³-hybridized carbons (Fsp3) is 0.500. The van der Waals surface area contributed by atoms with E-state index in [0.717, 1.165) is 31.7 Å². The molecule has 0 unspecified atom stereocenters. The second-order valence-corrected chi connectivity index (χ2v) is 3.54. The molecule has 3 N–H and O–H groups in total. The largest absolute Gasteiger partial charge is 0.382 e. The number of nitrogens with zero attached hydrogens (tertiary/aromatic N) is 2. The molecule has 1 heterocycles. The van der Waals surface area contributed by atoms with Crippen LogP contribution < -0.4 is 11.1 Å². The SMILES string of the molecule is CCOCCCNC(N)=NCc1cccnc1. The Bertz CT molecular complexity index is 327. The van der Waals surface area contributed by atoms with E-state index in [9.17, 15) is 0 Å². The first-order valence-corrected chi connectivity index (χ1v) is 5.83. The van der Waals surface area contributed by atoms with Crippen molar-refractivity contribution in [2.45, 2.75) is 19.9 Å². The lowest BCUT2D eigenvalue weighted by Crippen LogP contribution is -2.32. The van der Waals surface area contributed by atoms with E-state index in [2.05, 4.69) is 15.3 Å². The molecule has 0 aliphatic heterocycles. The second kappa shape index (κ2) is 8.52. The minimum absolute atomic E-state index is 0.463. The molecule has 0 amide bonds. The van der Waals surface area contributed by atoms with Gasteiger partial charge in [0.15, 0.2) is 5.96 Å². The number of nitrogens with two attached hydrogens (primary N) is 1. The number of hydrogen-bond acceptors (Lipinski definition) is 3. The molecule has 0 aromatic carbocycles. The molecule has 1 aromatic rings. The van der Waals surface area contributed by atoms with Gasteiger partial charge in [0.05, 0.1) is 6.54 Å². The van der Waals surface area contributed by atoms with E-state index in [0.29, 0.717) is 12.5 Å². The van der Waals surface area contributed by atoms with E-state index >= 15 is 0 Å². The maximum atomic E-state index is 5.71. The minimum Gasteiger partial charge on any atom is -0.382 e. The Morgan fingerprint density at radius 1 is 1.59 bits per heavy atom. The zero-order chi connectivity index (χ0) is 12.3. The van der Waals surface area contributed by atoms with Crippen molar-refractivity contribution in [2.24, 2.45) is 10.7 Å². The number of aromatic nitrogens is 1. The third-order valence-corrected chi connectivity index (χ3v) is 2.13. The molecule has 0 spiro atoms. The van der Waals surface area contributed by atoms with Crippen molar-refractivity contribution in [3.8, 4) is 0 Å². The standard InChI is InChI=1S/C12H20N4O/c1-2-17-8-4-7-15-12(13)16-10-11-5-3-6-14-9-11/h3,5-6,9H,2,4,7-8,10H2,1H3,(H3,13,15,16). The highest BCUT2D eigenvalue weighted by Gasteiger charge is 1.93.